The Morgan fingerprint density at radius 1 is 1.09 bits per heavy atom. The topological polar surface area (TPSA) is 78.7 Å². The molecule has 2 aromatic carbocycles. The summed E-state index contributed by atoms with van der Waals surface area (Å²) in [5.41, 5.74) is 2.54. The fourth-order valence-corrected chi connectivity index (χ4v) is 2.09. The second-order valence-electron chi connectivity index (χ2n) is 5.14. The van der Waals surface area contributed by atoms with E-state index in [0.29, 0.717) is 5.75 Å². The molecule has 120 valence electrons. The number of rotatable bonds is 5. The van der Waals surface area contributed by atoms with Crippen molar-refractivity contribution in [1.29, 1.82) is 0 Å². The first-order chi connectivity index (χ1) is 10.9. The minimum Gasteiger partial charge on any atom is -0.475 e. The molecule has 0 aliphatic carbocycles. The molecule has 0 N–H and O–H groups in total. The van der Waals surface area contributed by atoms with Crippen LogP contribution >= 0.6 is 0 Å². The zero-order valence-corrected chi connectivity index (χ0v) is 13.2. The fourth-order valence-electron chi connectivity index (χ4n) is 2.09. The van der Waals surface area contributed by atoms with Crippen LogP contribution in [0.2, 0.25) is 0 Å². The molecule has 0 spiro atoms. The molecule has 0 atom stereocenters. The Morgan fingerprint density at radius 2 is 1.74 bits per heavy atom. The number of hydrogen-bond acceptors (Lipinski definition) is 5. The summed E-state index contributed by atoms with van der Waals surface area (Å²) >= 11 is 0. The predicted octanol–water partition coefficient (Wildman–Crippen LogP) is 3.50. The zero-order valence-electron chi connectivity index (χ0n) is 13.2. The van der Waals surface area contributed by atoms with Gasteiger partial charge >= 0.3 is 11.7 Å². The summed E-state index contributed by atoms with van der Waals surface area (Å²) < 4.78 is 10.6. The standard InChI is InChI=1S/C17H17NO5/c1-11-8-9-12(2)17(13(11)3)23-16(19)10-22-15-7-5-4-6-14(15)18(20)21/h4-9H,10H2,1-3H3. The van der Waals surface area contributed by atoms with E-state index in [-0.39, 0.29) is 11.4 Å². The van der Waals surface area contributed by atoms with Gasteiger partial charge in [0.2, 0.25) is 0 Å². The van der Waals surface area contributed by atoms with Gasteiger partial charge in [0, 0.05) is 6.07 Å². The molecule has 6 nitrogen and oxygen atoms in total. The first-order valence-corrected chi connectivity index (χ1v) is 7.04. The normalized spacial score (nSPS) is 10.2. The van der Waals surface area contributed by atoms with Gasteiger partial charge in [-0.3, -0.25) is 10.1 Å². The van der Waals surface area contributed by atoms with E-state index in [4.69, 9.17) is 9.47 Å². The number of ether oxygens (including phenoxy) is 2. The highest BCUT2D eigenvalue weighted by Gasteiger charge is 2.17. The number of benzene rings is 2. The van der Waals surface area contributed by atoms with Crippen LogP contribution < -0.4 is 9.47 Å². The quantitative estimate of drug-likeness (QED) is 0.365. The SMILES string of the molecule is Cc1ccc(C)c(OC(=O)COc2ccccc2[N+](=O)[O-])c1C. The minimum absolute atomic E-state index is 0.0344. The molecule has 0 heterocycles. The predicted molar refractivity (Wildman–Crippen MR) is 84.9 cm³/mol. The van der Waals surface area contributed by atoms with Gasteiger partial charge in [0.1, 0.15) is 5.75 Å². The Bertz CT molecular complexity index is 755. The van der Waals surface area contributed by atoms with Gasteiger partial charge in [-0.25, -0.2) is 4.79 Å². The lowest BCUT2D eigenvalue weighted by molar-refractivity contribution is -0.385. The van der Waals surface area contributed by atoms with Crippen molar-refractivity contribution >= 4 is 11.7 Å². The fraction of sp³-hybridized carbons (Fsp3) is 0.235. The van der Waals surface area contributed by atoms with Gasteiger partial charge in [0.15, 0.2) is 12.4 Å². The molecular weight excluding hydrogens is 298 g/mol. The number of para-hydroxylation sites is 2. The maximum Gasteiger partial charge on any atom is 0.349 e. The summed E-state index contributed by atoms with van der Waals surface area (Å²) in [5, 5.41) is 10.9. The van der Waals surface area contributed by atoms with Crippen molar-refractivity contribution in [2.24, 2.45) is 0 Å². The van der Waals surface area contributed by atoms with Crippen LogP contribution in [-0.4, -0.2) is 17.5 Å². The van der Waals surface area contributed by atoms with Gasteiger partial charge in [-0.2, -0.15) is 0 Å². The van der Waals surface area contributed by atoms with Crippen LogP contribution in [0.5, 0.6) is 11.5 Å². The van der Waals surface area contributed by atoms with E-state index in [1.54, 1.807) is 6.07 Å². The maximum atomic E-state index is 12.0. The molecule has 0 aliphatic rings. The average Bonchev–Trinajstić information content (AvgIpc) is 2.53. The van der Waals surface area contributed by atoms with E-state index in [9.17, 15) is 14.9 Å². The summed E-state index contributed by atoms with van der Waals surface area (Å²) in [6, 6.07) is 9.70. The average molecular weight is 315 g/mol. The van der Waals surface area contributed by atoms with Crippen LogP contribution in [-0.2, 0) is 4.79 Å². The summed E-state index contributed by atoms with van der Waals surface area (Å²) in [5.74, 6) is -0.0757. The first-order valence-electron chi connectivity index (χ1n) is 7.04. The van der Waals surface area contributed by atoms with Gasteiger partial charge < -0.3 is 9.47 Å². The molecule has 0 aliphatic heterocycles. The Balaban J connectivity index is 2.07. The number of aryl methyl sites for hydroxylation is 2. The smallest absolute Gasteiger partial charge is 0.349 e. The molecule has 2 rings (SSSR count). The number of nitrogens with zero attached hydrogens (tertiary/aromatic N) is 1. The van der Waals surface area contributed by atoms with Crippen LogP contribution in [0.4, 0.5) is 5.69 Å². The van der Waals surface area contributed by atoms with Crippen molar-refractivity contribution in [1.82, 2.24) is 0 Å². The van der Waals surface area contributed by atoms with Gasteiger partial charge in [-0.15, -0.1) is 0 Å². The van der Waals surface area contributed by atoms with Gasteiger partial charge in [-0.1, -0.05) is 24.3 Å². The van der Waals surface area contributed by atoms with Crippen LogP contribution in [0.25, 0.3) is 0 Å². The number of nitro benzene ring substituents is 1. The van der Waals surface area contributed by atoms with Gasteiger partial charge in [0.25, 0.3) is 0 Å². The van der Waals surface area contributed by atoms with E-state index in [1.807, 2.05) is 32.9 Å². The van der Waals surface area contributed by atoms with E-state index in [1.165, 1.54) is 18.2 Å². The first kappa shape index (κ1) is 16.5. The zero-order chi connectivity index (χ0) is 17.0. The molecule has 0 saturated carbocycles. The Hall–Kier alpha value is -2.89. The number of carbonyl (C=O) groups is 1. The third-order valence-corrected chi connectivity index (χ3v) is 3.50. The molecule has 0 saturated heterocycles. The minimum atomic E-state index is -0.611. The van der Waals surface area contributed by atoms with Crippen LogP contribution in [0, 0.1) is 30.9 Å². The molecule has 0 bridgehead atoms. The molecular formula is C17H17NO5. The van der Waals surface area contributed by atoms with Crippen molar-refractivity contribution < 1.29 is 19.2 Å². The van der Waals surface area contributed by atoms with Crippen molar-refractivity contribution in [3.63, 3.8) is 0 Å². The molecule has 23 heavy (non-hydrogen) atoms. The summed E-state index contributed by atoms with van der Waals surface area (Å²) in [6.07, 6.45) is 0. The van der Waals surface area contributed by atoms with Gasteiger partial charge in [0.05, 0.1) is 4.92 Å². The molecule has 6 heteroatoms. The summed E-state index contributed by atoms with van der Waals surface area (Å²) in [4.78, 5) is 22.3. The second-order valence-corrected chi connectivity index (χ2v) is 5.14. The lowest BCUT2D eigenvalue weighted by atomic mass is 10.1. The molecule has 2 aromatic rings. The van der Waals surface area contributed by atoms with Crippen LogP contribution in [0.1, 0.15) is 16.7 Å². The molecule has 0 radical (unpaired) electrons. The Kier molecular flexibility index (Phi) is 4.95. The highest BCUT2D eigenvalue weighted by Crippen LogP contribution is 2.27. The second kappa shape index (κ2) is 6.91. The number of carbonyl (C=O) groups excluding carboxylic acids is 1. The lowest BCUT2D eigenvalue weighted by Gasteiger charge is -2.12. The Labute approximate surface area is 133 Å². The van der Waals surface area contributed by atoms with E-state index >= 15 is 0 Å². The third kappa shape index (κ3) is 3.85. The third-order valence-electron chi connectivity index (χ3n) is 3.50. The van der Waals surface area contributed by atoms with Crippen LogP contribution in [0.15, 0.2) is 36.4 Å². The highest BCUT2D eigenvalue weighted by atomic mass is 16.6. The summed E-state index contributed by atoms with van der Waals surface area (Å²) in [6.45, 7) is 5.24. The van der Waals surface area contributed by atoms with Gasteiger partial charge in [-0.05, 0) is 43.5 Å². The monoisotopic (exact) mass is 315 g/mol. The summed E-state index contributed by atoms with van der Waals surface area (Å²) in [7, 11) is 0. The van der Waals surface area contributed by atoms with E-state index in [0.717, 1.165) is 16.7 Å². The van der Waals surface area contributed by atoms with Crippen molar-refractivity contribution in [2.45, 2.75) is 20.8 Å². The van der Waals surface area contributed by atoms with Crippen molar-refractivity contribution in [3.05, 3.63) is 63.2 Å². The molecule has 0 unspecified atom stereocenters. The molecule has 0 amide bonds. The number of esters is 1. The van der Waals surface area contributed by atoms with Crippen molar-refractivity contribution in [3.8, 4) is 11.5 Å². The lowest BCUT2D eigenvalue weighted by Crippen LogP contribution is -2.19. The number of hydrogen-bond donors (Lipinski definition) is 0. The molecule has 0 aromatic heterocycles. The molecule has 0 fully saturated rings. The Morgan fingerprint density at radius 3 is 2.43 bits per heavy atom. The largest absolute Gasteiger partial charge is 0.475 e. The van der Waals surface area contributed by atoms with E-state index in [2.05, 4.69) is 0 Å². The maximum absolute atomic E-state index is 12.0. The van der Waals surface area contributed by atoms with Crippen molar-refractivity contribution in [2.75, 3.05) is 6.61 Å². The van der Waals surface area contributed by atoms with Crippen LogP contribution in [0.3, 0.4) is 0 Å². The highest BCUT2D eigenvalue weighted by molar-refractivity contribution is 5.75. The number of nitro groups is 1. The van der Waals surface area contributed by atoms with E-state index < -0.39 is 17.5 Å².